The fourth-order valence-corrected chi connectivity index (χ4v) is 4.91. The molecule has 3 N–H and O–H groups in total. The number of hydrogen-bond donors (Lipinski definition) is 3. The topological polar surface area (TPSA) is 85.9 Å². The number of rotatable bonds is 11. The van der Waals surface area contributed by atoms with Gasteiger partial charge in [-0.05, 0) is 61.2 Å². The lowest BCUT2D eigenvalue weighted by atomic mass is 10.1. The molecule has 1 aliphatic rings. The number of aromatic nitrogens is 3. The molecule has 0 bridgehead atoms. The smallest absolute Gasteiger partial charge is 0.257 e. The van der Waals surface area contributed by atoms with Gasteiger partial charge in [-0.15, -0.1) is 11.8 Å². The normalized spacial score (nSPS) is 13.2. The number of nitrogens with one attached hydrogen (secondary N) is 3. The van der Waals surface area contributed by atoms with E-state index in [9.17, 15) is 4.79 Å². The maximum Gasteiger partial charge on any atom is 0.257 e. The zero-order chi connectivity index (χ0) is 24.6. The fourth-order valence-electron chi connectivity index (χ4n) is 4.14. The maximum atomic E-state index is 13.2. The van der Waals surface area contributed by atoms with Crippen molar-refractivity contribution in [2.45, 2.75) is 40.0 Å². The van der Waals surface area contributed by atoms with Gasteiger partial charge in [-0.2, -0.15) is 0 Å². The molecule has 0 unspecified atom stereocenters. The largest absolute Gasteiger partial charge is 0.385 e. The third-order valence-electron chi connectivity index (χ3n) is 5.91. The van der Waals surface area contributed by atoms with Crippen LogP contribution in [0.1, 0.15) is 50.4 Å². The molecule has 4 rings (SSSR count). The van der Waals surface area contributed by atoms with E-state index >= 15 is 0 Å². The molecule has 3 aromatic rings. The molecule has 0 radical (unpaired) electrons. The second kappa shape index (κ2) is 11.9. The van der Waals surface area contributed by atoms with Gasteiger partial charge in [-0.1, -0.05) is 27.2 Å². The number of fused-ring (bicyclic) bond motifs is 1. The highest BCUT2D eigenvalue weighted by atomic mass is 32.2. The van der Waals surface area contributed by atoms with E-state index in [1.807, 2.05) is 12.3 Å². The first-order valence-corrected chi connectivity index (χ1v) is 13.4. The number of carbonyl (C=O) groups is 1. The average molecular weight is 491 g/mol. The molecule has 8 heteroatoms. The second-order valence-electron chi connectivity index (χ2n) is 8.47. The van der Waals surface area contributed by atoms with Gasteiger partial charge in [0.2, 0.25) is 0 Å². The van der Waals surface area contributed by atoms with Gasteiger partial charge in [0.05, 0.1) is 23.3 Å². The summed E-state index contributed by atoms with van der Waals surface area (Å²) in [5, 5.41) is 6.26. The van der Waals surface area contributed by atoms with Gasteiger partial charge in [0.25, 0.3) is 5.91 Å². The van der Waals surface area contributed by atoms with Crippen LogP contribution in [0.15, 0.2) is 59.4 Å². The summed E-state index contributed by atoms with van der Waals surface area (Å²) < 4.78 is 0. The number of dihydropyridines is 1. The van der Waals surface area contributed by atoms with Crippen molar-refractivity contribution in [1.29, 1.82) is 0 Å². The Morgan fingerprint density at radius 2 is 1.94 bits per heavy atom. The molecule has 35 heavy (non-hydrogen) atoms. The van der Waals surface area contributed by atoms with Crippen LogP contribution >= 0.6 is 11.8 Å². The third-order valence-corrected chi connectivity index (χ3v) is 6.89. The molecule has 1 aliphatic heterocycles. The summed E-state index contributed by atoms with van der Waals surface area (Å²) in [5.41, 5.74) is 4.78. The summed E-state index contributed by atoms with van der Waals surface area (Å²) in [7, 11) is 0. The maximum absolute atomic E-state index is 13.2. The number of thioether (sulfide) groups is 1. The van der Waals surface area contributed by atoms with Crippen LogP contribution < -0.4 is 15.5 Å². The third kappa shape index (κ3) is 5.88. The average Bonchev–Trinajstić information content (AvgIpc) is 3.32. The Labute approximate surface area is 211 Å². The van der Waals surface area contributed by atoms with Gasteiger partial charge in [0, 0.05) is 35.4 Å². The van der Waals surface area contributed by atoms with Gasteiger partial charge in [-0.3, -0.25) is 4.79 Å². The van der Waals surface area contributed by atoms with E-state index < -0.39 is 0 Å². The highest BCUT2D eigenvalue weighted by Gasteiger charge is 2.18. The molecule has 0 saturated carbocycles. The quantitative estimate of drug-likeness (QED) is 0.331. The molecule has 0 fully saturated rings. The number of unbranched alkanes of at least 4 members (excludes halogenated alkanes) is 1. The molecular weight excluding hydrogens is 456 g/mol. The van der Waals surface area contributed by atoms with Crippen molar-refractivity contribution in [3.63, 3.8) is 0 Å². The Morgan fingerprint density at radius 3 is 2.69 bits per heavy atom. The monoisotopic (exact) mass is 490 g/mol. The number of anilines is 1. The predicted molar refractivity (Wildman–Crippen MR) is 147 cm³/mol. The van der Waals surface area contributed by atoms with Gasteiger partial charge < -0.3 is 20.5 Å². The van der Waals surface area contributed by atoms with E-state index in [0.29, 0.717) is 29.1 Å². The standard InChI is InChI=1S/C27H34N6OS/c1-4-7-17-33(16-5-2)20-10-8-19(9-11-20)25-31-24-21(12-15-29-26(24)32-25)27(34)30-22-18-28-14-13-23(22)35-6-3/h8-15,28H,4-7,16-18H2,1-3H3,(H,30,34)(H,29,31,32). The van der Waals surface area contributed by atoms with Crippen LogP contribution in [0.25, 0.3) is 22.6 Å². The van der Waals surface area contributed by atoms with E-state index in [1.165, 1.54) is 18.5 Å². The van der Waals surface area contributed by atoms with Crippen LogP contribution in [0.2, 0.25) is 0 Å². The van der Waals surface area contributed by atoms with Crippen LogP contribution in [0, 0.1) is 0 Å². The number of H-pyrrole nitrogens is 1. The van der Waals surface area contributed by atoms with Crippen molar-refractivity contribution < 1.29 is 4.79 Å². The van der Waals surface area contributed by atoms with Crippen molar-refractivity contribution in [1.82, 2.24) is 25.6 Å². The molecular formula is C27H34N6OS. The zero-order valence-corrected chi connectivity index (χ0v) is 21.5. The van der Waals surface area contributed by atoms with Gasteiger partial charge in [-0.25, -0.2) is 9.97 Å². The molecule has 0 atom stereocenters. The van der Waals surface area contributed by atoms with Crippen LogP contribution in [0.4, 0.5) is 5.69 Å². The molecule has 7 nitrogen and oxygen atoms in total. The summed E-state index contributed by atoms with van der Waals surface area (Å²) in [6, 6.07) is 10.2. The highest BCUT2D eigenvalue weighted by Crippen LogP contribution is 2.26. The number of amides is 1. The molecule has 1 aromatic carbocycles. The van der Waals surface area contributed by atoms with E-state index in [-0.39, 0.29) is 5.91 Å². The summed E-state index contributed by atoms with van der Waals surface area (Å²) in [6.07, 6.45) is 9.03. The van der Waals surface area contributed by atoms with Crippen molar-refractivity contribution >= 4 is 34.5 Å². The number of allylic oxidation sites excluding steroid dienone is 1. The van der Waals surface area contributed by atoms with E-state index in [4.69, 9.17) is 0 Å². The van der Waals surface area contributed by atoms with Crippen molar-refractivity contribution in [2.24, 2.45) is 0 Å². The van der Waals surface area contributed by atoms with E-state index in [1.54, 1.807) is 24.0 Å². The Hall–Kier alpha value is -3.26. The van der Waals surface area contributed by atoms with Crippen LogP contribution in [-0.2, 0) is 0 Å². The molecule has 184 valence electrons. The molecule has 0 spiro atoms. The summed E-state index contributed by atoms with van der Waals surface area (Å²) >= 11 is 1.71. The Morgan fingerprint density at radius 1 is 1.11 bits per heavy atom. The first-order valence-electron chi connectivity index (χ1n) is 12.4. The van der Waals surface area contributed by atoms with Crippen LogP contribution in [0.3, 0.4) is 0 Å². The first-order chi connectivity index (χ1) is 17.1. The number of carbonyl (C=O) groups excluding carboxylic acids is 1. The lowest BCUT2D eigenvalue weighted by Crippen LogP contribution is -2.31. The number of hydrogen-bond acceptors (Lipinski definition) is 6. The molecule has 0 saturated heterocycles. The molecule has 2 aromatic heterocycles. The SMILES string of the molecule is CCCCN(CCC)c1ccc(-c2nc3nccc(C(=O)NC4=C(SCC)C=CNC4)c3[nH]2)cc1. The van der Waals surface area contributed by atoms with E-state index in [2.05, 4.69) is 75.5 Å². The molecule has 3 heterocycles. The summed E-state index contributed by atoms with van der Waals surface area (Å²) in [5.74, 6) is 1.48. The minimum absolute atomic E-state index is 0.171. The second-order valence-corrected chi connectivity index (χ2v) is 9.78. The molecule has 1 amide bonds. The zero-order valence-electron chi connectivity index (χ0n) is 20.7. The van der Waals surface area contributed by atoms with Crippen molar-refractivity contribution in [3.05, 3.63) is 65.0 Å². The fraction of sp³-hybridized carbons (Fsp3) is 0.370. The Kier molecular flexibility index (Phi) is 8.47. The minimum atomic E-state index is -0.171. The number of benzene rings is 1. The number of imidazole rings is 1. The highest BCUT2D eigenvalue weighted by molar-refractivity contribution is 8.03. The van der Waals surface area contributed by atoms with Gasteiger partial charge >= 0.3 is 0 Å². The number of pyridine rings is 1. The van der Waals surface area contributed by atoms with Gasteiger partial charge in [0.1, 0.15) is 5.82 Å². The lowest BCUT2D eigenvalue weighted by Gasteiger charge is -2.24. The Balaban J connectivity index is 1.58. The van der Waals surface area contributed by atoms with Crippen LogP contribution in [-0.4, -0.2) is 46.2 Å². The number of nitrogens with zero attached hydrogens (tertiary/aromatic N) is 3. The number of aromatic amines is 1. The summed E-state index contributed by atoms with van der Waals surface area (Å²) in [6.45, 7) is 9.24. The van der Waals surface area contributed by atoms with Crippen LogP contribution in [0.5, 0.6) is 0 Å². The summed E-state index contributed by atoms with van der Waals surface area (Å²) in [4.78, 5) is 29.1. The molecule has 0 aliphatic carbocycles. The first kappa shape index (κ1) is 24.9. The predicted octanol–water partition coefficient (Wildman–Crippen LogP) is 5.45. The Bertz CT molecular complexity index is 1210. The van der Waals surface area contributed by atoms with Gasteiger partial charge in [0.15, 0.2) is 5.65 Å². The van der Waals surface area contributed by atoms with E-state index in [0.717, 1.165) is 41.4 Å². The van der Waals surface area contributed by atoms with Crippen molar-refractivity contribution in [3.8, 4) is 11.4 Å². The van der Waals surface area contributed by atoms with Crippen molar-refractivity contribution in [2.75, 3.05) is 30.3 Å². The minimum Gasteiger partial charge on any atom is -0.385 e. The lowest BCUT2D eigenvalue weighted by molar-refractivity contribution is 0.0966.